The molecule has 0 aliphatic carbocycles. The second-order valence-corrected chi connectivity index (χ2v) is 2.80. The van der Waals surface area contributed by atoms with Crippen LogP contribution in [0.2, 0.25) is 0 Å². The second-order valence-electron chi connectivity index (χ2n) is 2.80. The van der Waals surface area contributed by atoms with Crippen LogP contribution in [0.1, 0.15) is 26.2 Å². The van der Waals surface area contributed by atoms with Crippen LogP contribution in [0.25, 0.3) is 0 Å². The average Bonchev–Trinajstić information content (AvgIpc) is 2.03. The molecule has 2 amide bonds. The zero-order valence-electron chi connectivity index (χ0n) is 7.67. The molecule has 0 radical (unpaired) electrons. The third-order valence-corrected chi connectivity index (χ3v) is 1.65. The Morgan fingerprint density at radius 1 is 1.33 bits per heavy atom. The maximum Gasteiger partial charge on any atom is 0.311 e. The molecule has 0 aromatic rings. The third kappa shape index (κ3) is 3.95. The van der Waals surface area contributed by atoms with E-state index in [1.54, 1.807) is 7.05 Å². The summed E-state index contributed by atoms with van der Waals surface area (Å²) in [4.78, 5) is 22.7. The van der Waals surface area contributed by atoms with Crippen molar-refractivity contribution in [2.45, 2.75) is 26.2 Å². The van der Waals surface area contributed by atoms with Crippen molar-refractivity contribution in [2.75, 3.05) is 13.6 Å². The van der Waals surface area contributed by atoms with Crippen LogP contribution in [0, 0.1) is 0 Å². The van der Waals surface area contributed by atoms with Gasteiger partial charge in [-0.15, -0.1) is 0 Å². The van der Waals surface area contributed by atoms with Gasteiger partial charge in [0.25, 0.3) is 0 Å². The van der Waals surface area contributed by atoms with Crippen molar-refractivity contribution < 1.29 is 9.59 Å². The Bertz CT molecular complexity index is 168. The first kappa shape index (κ1) is 10.9. The molecular formula is C8H16N2O2. The Kier molecular flexibility index (Phi) is 5.08. The van der Waals surface area contributed by atoms with Crippen molar-refractivity contribution in [3.05, 3.63) is 0 Å². The molecule has 0 unspecified atom stereocenters. The molecule has 0 saturated heterocycles. The molecule has 4 heteroatoms. The fourth-order valence-corrected chi connectivity index (χ4v) is 0.889. The van der Waals surface area contributed by atoms with E-state index >= 15 is 0 Å². The van der Waals surface area contributed by atoms with E-state index in [-0.39, 0.29) is 0 Å². The molecule has 0 spiro atoms. The average molecular weight is 172 g/mol. The van der Waals surface area contributed by atoms with E-state index in [0.717, 1.165) is 19.3 Å². The van der Waals surface area contributed by atoms with Crippen molar-refractivity contribution in [3.63, 3.8) is 0 Å². The predicted molar refractivity (Wildman–Crippen MR) is 46.4 cm³/mol. The Hall–Kier alpha value is -1.06. The molecular weight excluding hydrogens is 156 g/mol. The van der Waals surface area contributed by atoms with Crippen LogP contribution in [0.3, 0.4) is 0 Å². The fourth-order valence-electron chi connectivity index (χ4n) is 0.889. The number of nitrogens with two attached hydrogens (primary N) is 1. The molecule has 0 aromatic carbocycles. The largest absolute Gasteiger partial charge is 0.361 e. The van der Waals surface area contributed by atoms with Crippen molar-refractivity contribution in [1.29, 1.82) is 0 Å². The highest BCUT2D eigenvalue weighted by Crippen LogP contribution is 1.96. The topological polar surface area (TPSA) is 63.4 Å². The number of nitrogens with zero attached hydrogens (tertiary/aromatic N) is 1. The highest BCUT2D eigenvalue weighted by Gasteiger charge is 2.13. The fraction of sp³-hybridized carbons (Fsp3) is 0.750. The molecule has 70 valence electrons. The number of hydrogen-bond donors (Lipinski definition) is 1. The lowest BCUT2D eigenvalue weighted by atomic mass is 10.2. The van der Waals surface area contributed by atoms with E-state index in [1.807, 2.05) is 0 Å². The van der Waals surface area contributed by atoms with Gasteiger partial charge in [0.1, 0.15) is 0 Å². The molecule has 0 saturated carbocycles. The third-order valence-electron chi connectivity index (χ3n) is 1.65. The second kappa shape index (κ2) is 5.57. The number of likely N-dealkylation sites (N-methyl/N-ethyl adjacent to an activating group) is 1. The molecule has 2 N–H and O–H groups in total. The smallest absolute Gasteiger partial charge is 0.311 e. The normalized spacial score (nSPS) is 9.50. The summed E-state index contributed by atoms with van der Waals surface area (Å²) in [7, 11) is 1.59. The summed E-state index contributed by atoms with van der Waals surface area (Å²) in [6, 6.07) is 0. The number of carbonyl (C=O) groups is 2. The van der Waals surface area contributed by atoms with Gasteiger partial charge in [0.05, 0.1) is 0 Å². The van der Waals surface area contributed by atoms with E-state index in [4.69, 9.17) is 5.73 Å². The Morgan fingerprint density at radius 2 is 1.92 bits per heavy atom. The number of hydrogen-bond acceptors (Lipinski definition) is 2. The molecule has 0 atom stereocenters. The van der Waals surface area contributed by atoms with Gasteiger partial charge in [-0.05, 0) is 6.42 Å². The van der Waals surface area contributed by atoms with Crippen LogP contribution in [0.4, 0.5) is 0 Å². The van der Waals surface area contributed by atoms with E-state index in [2.05, 4.69) is 6.92 Å². The maximum absolute atomic E-state index is 10.9. The van der Waals surface area contributed by atoms with Gasteiger partial charge < -0.3 is 10.6 Å². The lowest BCUT2D eigenvalue weighted by molar-refractivity contribution is -0.143. The zero-order chi connectivity index (χ0) is 9.56. The summed E-state index contributed by atoms with van der Waals surface area (Å²) in [6.07, 6.45) is 3.08. The molecule has 0 rings (SSSR count). The van der Waals surface area contributed by atoms with Crippen LogP contribution in [-0.4, -0.2) is 30.3 Å². The lowest BCUT2D eigenvalue weighted by Crippen LogP contribution is -2.38. The first-order chi connectivity index (χ1) is 5.59. The Labute approximate surface area is 72.7 Å². The van der Waals surface area contributed by atoms with Crippen molar-refractivity contribution in [1.82, 2.24) is 4.90 Å². The first-order valence-electron chi connectivity index (χ1n) is 4.14. The van der Waals surface area contributed by atoms with Crippen molar-refractivity contribution in [3.8, 4) is 0 Å². The van der Waals surface area contributed by atoms with Gasteiger partial charge in [-0.3, -0.25) is 9.59 Å². The zero-order valence-corrected chi connectivity index (χ0v) is 7.67. The summed E-state index contributed by atoms with van der Waals surface area (Å²) in [6.45, 7) is 2.69. The quantitative estimate of drug-likeness (QED) is 0.483. The SMILES string of the molecule is CCCCCN(C)C(=O)C(N)=O. The van der Waals surface area contributed by atoms with E-state index in [1.165, 1.54) is 4.90 Å². The molecule has 12 heavy (non-hydrogen) atoms. The monoisotopic (exact) mass is 172 g/mol. The first-order valence-corrected chi connectivity index (χ1v) is 4.14. The summed E-state index contributed by atoms with van der Waals surface area (Å²) >= 11 is 0. The van der Waals surface area contributed by atoms with Crippen molar-refractivity contribution in [2.24, 2.45) is 5.73 Å². The van der Waals surface area contributed by atoms with Crippen LogP contribution in [-0.2, 0) is 9.59 Å². The molecule has 0 fully saturated rings. The minimum atomic E-state index is -0.881. The minimum Gasteiger partial charge on any atom is -0.361 e. The van der Waals surface area contributed by atoms with Crippen LogP contribution in [0.15, 0.2) is 0 Å². The minimum absolute atomic E-state index is 0.605. The van der Waals surface area contributed by atoms with Crippen molar-refractivity contribution >= 4 is 11.8 Å². The molecule has 0 bridgehead atoms. The van der Waals surface area contributed by atoms with E-state index in [0.29, 0.717) is 6.54 Å². The van der Waals surface area contributed by atoms with Gasteiger partial charge in [0, 0.05) is 13.6 Å². The Morgan fingerprint density at radius 3 is 2.33 bits per heavy atom. The predicted octanol–water partition coefficient (Wildman–Crippen LogP) is 0.120. The highest BCUT2D eigenvalue weighted by molar-refractivity contribution is 6.34. The molecule has 0 aliphatic heterocycles. The lowest BCUT2D eigenvalue weighted by Gasteiger charge is -2.13. The molecule has 4 nitrogen and oxygen atoms in total. The summed E-state index contributed by atoms with van der Waals surface area (Å²) < 4.78 is 0. The number of unbranched alkanes of at least 4 members (excludes halogenated alkanes) is 2. The maximum atomic E-state index is 10.9. The Balaban J connectivity index is 3.64. The number of amides is 2. The standard InChI is InChI=1S/C8H16N2O2/c1-3-4-5-6-10(2)8(12)7(9)11/h3-6H2,1-2H3,(H2,9,11). The number of carbonyl (C=O) groups excluding carboxylic acids is 2. The number of primary amides is 1. The number of rotatable bonds is 4. The van der Waals surface area contributed by atoms with E-state index in [9.17, 15) is 9.59 Å². The van der Waals surface area contributed by atoms with E-state index < -0.39 is 11.8 Å². The van der Waals surface area contributed by atoms with Gasteiger partial charge in [-0.1, -0.05) is 19.8 Å². The van der Waals surface area contributed by atoms with Crippen LogP contribution >= 0.6 is 0 Å². The highest BCUT2D eigenvalue weighted by atomic mass is 16.2. The van der Waals surface area contributed by atoms with Crippen LogP contribution < -0.4 is 5.73 Å². The summed E-state index contributed by atoms with van der Waals surface area (Å²) in [5.41, 5.74) is 4.81. The van der Waals surface area contributed by atoms with Gasteiger partial charge in [0.2, 0.25) is 0 Å². The van der Waals surface area contributed by atoms with Gasteiger partial charge in [-0.2, -0.15) is 0 Å². The van der Waals surface area contributed by atoms with Crippen LogP contribution in [0.5, 0.6) is 0 Å². The molecule has 0 heterocycles. The molecule has 0 aromatic heterocycles. The molecule has 0 aliphatic rings. The summed E-state index contributed by atoms with van der Waals surface area (Å²) in [5.74, 6) is -1.49. The van der Waals surface area contributed by atoms with Gasteiger partial charge in [0.15, 0.2) is 0 Å². The van der Waals surface area contributed by atoms with Gasteiger partial charge in [-0.25, -0.2) is 0 Å². The van der Waals surface area contributed by atoms with Gasteiger partial charge >= 0.3 is 11.8 Å². The summed E-state index contributed by atoms with van der Waals surface area (Å²) in [5, 5.41) is 0.